The summed E-state index contributed by atoms with van der Waals surface area (Å²) in [6.45, 7) is 0.875. The van der Waals surface area contributed by atoms with Crippen molar-refractivity contribution in [3.8, 4) is 11.3 Å². The molecule has 0 aromatic carbocycles. The van der Waals surface area contributed by atoms with Gasteiger partial charge >= 0.3 is 0 Å². The van der Waals surface area contributed by atoms with Crippen LogP contribution in [0.2, 0.25) is 0 Å². The summed E-state index contributed by atoms with van der Waals surface area (Å²) < 4.78 is 1.78. The van der Waals surface area contributed by atoms with Gasteiger partial charge in [0.25, 0.3) is 5.91 Å². The predicted octanol–water partition coefficient (Wildman–Crippen LogP) is 3.26. The van der Waals surface area contributed by atoms with Crippen LogP contribution < -0.4 is 5.32 Å². The Balaban J connectivity index is 1.55. The minimum Gasteiger partial charge on any atom is -0.348 e. The lowest BCUT2D eigenvalue weighted by atomic mass is 10.1. The average molecular weight is 421 g/mol. The van der Waals surface area contributed by atoms with Gasteiger partial charge in [-0.2, -0.15) is 5.10 Å². The Kier molecular flexibility index (Phi) is 5.32. The summed E-state index contributed by atoms with van der Waals surface area (Å²) in [4.78, 5) is 30.4. The Bertz CT molecular complexity index is 1350. The number of aromatic nitrogens is 6. The molecule has 0 atom stereocenters. The maximum atomic E-state index is 13.2. The number of hydrogen-bond acceptors (Lipinski definition) is 6. The highest BCUT2D eigenvalue weighted by Crippen LogP contribution is 2.25. The molecule has 5 aromatic rings. The zero-order chi connectivity index (χ0) is 21.8. The Morgan fingerprint density at radius 1 is 0.875 bits per heavy atom. The Labute approximate surface area is 184 Å². The van der Waals surface area contributed by atoms with Gasteiger partial charge in [0.05, 0.1) is 29.4 Å². The molecule has 0 aliphatic rings. The van der Waals surface area contributed by atoms with Gasteiger partial charge in [0.1, 0.15) is 0 Å². The van der Waals surface area contributed by atoms with E-state index >= 15 is 0 Å². The molecule has 0 aliphatic heterocycles. The van der Waals surface area contributed by atoms with Gasteiger partial charge in [-0.15, -0.1) is 0 Å². The number of amides is 1. The smallest absolute Gasteiger partial charge is 0.252 e. The van der Waals surface area contributed by atoms with E-state index in [-0.39, 0.29) is 5.91 Å². The number of hydrogen-bond donors (Lipinski definition) is 1. The molecular formula is C24H19N7O. The molecule has 0 radical (unpaired) electrons. The van der Waals surface area contributed by atoms with Gasteiger partial charge in [-0.05, 0) is 41.5 Å². The lowest BCUT2D eigenvalue weighted by molar-refractivity contribution is 0.0952. The number of nitrogens with zero attached hydrogens (tertiary/aromatic N) is 6. The number of carbonyl (C=O) groups excluding carboxylic acids is 1. The second-order valence-corrected chi connectivity index (χ2v) is 7.24. The van der Waals surface area contributed by atoms with Gasteiger partial charge in [0, 0.05) is 49.3 Å². The highest BCUT2D eigenvalue weighted by molar-refractivity contribution is 6.06. The van der Waals surface area contributed by atoms with Crippen LogP contribution in [0.1, 0.15) is 21.5 Å². The average Bonchev–Trinajstić information content (AvgIpc) is 3.26. The Hall–Kier alpha value is -4.46. The third-order valence-corrected chi connectivity index (χ3v) is 5.04. The van der Waals surface area contributed by atoms with Crippen LogP contribution in [0.4, 0.5) is 0 Å². The minimum absolute atomic E-state index is 0.202. The van der Waals surface area contributed by atoms with Gasteiger partial charge in [0.2, 0.25) is 0 Å². The molecule has 0 bridgehead atoms. The summed E-state index contributed by atoms with van der Waals surface area (Å²) >= 11 is 0. The maximum absolute atomic E-state index is 13.2. The van der Waals surface area contributed by atoms with Crippen molar-refractivity contribution < 1.29 is 4.79 Å². The summed E-state index contributed by atoms with van der Waals surface area (Å²) in [6.07, 6.45) is 12.1. The van der Waals surface area contributed by atoms with E-state index in [1.165, 1.54) is 0 Å². The fraction of sp³-hybridized carbons (Fsp3) is 0.0833. The standard InChI is InChI=1S/C24H19N7O/c32-24(28-13-17-4-1-7-25-11-17)20-10-22(19-6-3-9-27-14-19)30-23-21(20)15-29-31(23)16-18-5-2-8-26-12-18/h1-12,14-15H,13,16H2,(H,28,32). The van der Waals surface area contributed by atoms with Crippen molar-refractivity contribution in [1.29, 1.82) is 0 Å². The maximum Gasteiger partial charge on any atom is 0.252 e. The number of nitrogens with one attached hydrogen (secondary N) is 1. The van der Waals surface area contributed by atoms with E-state index in [9.17, 15) is 4.79 Å². The van der Waals surface area contributed by atoms with Crippen molar-refractivity contribution in [2.24, 2.45) is 0 Å². The molecule has 0 spiro atoms. The largest absolute Gasteiger partial charge is 0.348 e. The van der Waals surface area contributed by atoms with Gasteiger partial charge in [-0.3, -0.25) is 19.7 Å². The molecule has 1 N–H and O–H groups in total. The molecule has 32 heavy (non-hydrogen) atoms. The summed E-state index contributed by atoms with van der Waals surface area (Å²) in [7, 11) is 0. The van der Waals surface area contributed by atoms with Crippen LogP contribution in [0.15, 0.2) is 85.8 Å². The van der Waals surface area contributed by atoms with E-state index in [0.717, 1.165) is 16.7 Å². The molecule has 0 saturated carbocycles. The van der Waals surface area contributed by atoms with Crippen molar-refractivity contribution in [3.63, 3.8) is 0 Å². The normalized spacial score (nSPS) is 10.9. The van der Waals surface area contributed by atoms with Gasteiger partial charge < -0.3 is 5.32 Å². The minimum atomic E-state index is -0.202. The Morgan fingerprint density at radius 2 is 1.59 bits per heavy atom. The molecule has 5 rings (SSSR count). The van der Waals surface area contributed by atoms with Gasteiger partial charge in [0.15, 0.2) is 5.65 Å². The number of fused-ring (bicyclic) bond motifs is 1. The molecule has 0 saturated heterocycles. The highest BCUT2D eigenvalue weighted by atomic mass is 16.1. The third-order valence-electron chi connectivity index (χ3n) is 5.04. The van der Waals surface area contributed by atoms with E-state index in [1.54, 1.807) is 54.1 Å². The molecule has 1 amide bonds. The fourth-order valence-corrected chi connectivity index (χ4v) is 3.46. The summed E-state index contributed by atoms with van der Waals surface area (Å²) in [5, 5.41) is 8.17. The van der Waals surface area contributed by atoms with E-state index < -0.39 is 0 Å². The SMILES string of the molecule is O=C(NCc1cccnc1)c1cc(-c2cccnc2)nc2c1cnn2Cc1cccnc1. The first-order chi connectivity index (χ1) is 15.8. The zero-order valence-electron chi connectivity index (χ0n) is 17.1. The van der Waals surface area contributed by atoms with Crippen LogP contribution in [0, 0.1) is 0 Å². The van der Waals surface area contributed by atoms with Crippen molar-refractivity contribution in [2.75, 3.05) is 0 Å². The first-order valence-corrected chi connectivity index (χ1v) is 10.1. The van der Waals surface area contributed by atoms with Crippen LogP contribution in [0.3, 0.4) is 0 Å². The summed E-state index contributed by atoms with van der Waals surface area (Å²) in [5.41, 5.74) is 4.53. The van der Waals surface area contributed by atoms with E-state index in [4.69, 9.17) is 4.98 Å². The quantitative estimate of drug-likeness (QED) is 0.452. The topological polar surface area (TPSA) is 98.5 Å². The lowest BCUT2D eigenvalue weighted by Gasteiger charge is -2.10. The van der Waals surface area contributed by atoms with Crippen molar-refractivity contribution >= 4 is 16.9 Å². The molecule has 5 heterocycles. The molecule has 0 fully saturated rings. The molecular weight excluding hydrogens is 402 g/mol. The molecule has 8 nitrogen and oxygen atoms in total. The van der Waals surface area contributed by atoms with E-state index in [0.29, 0.717) is 35.4 Å². The first-order valence-electron chi connectivity index (χ1n) is 10.1. The summed E-state index contributed by atoms with van der Waals surface area (Å²) in [6, 6.07) is 13.2. The van der Waals surface area contributed by atoms with E-state index in [1.807, 2.05) is 36.4 Å². The van der Waals surface area contributed by atoms with Crippen LogP contribution in [-0.2, 0) is 13.1 Å². The second-order valence-electron chi connectivity index (χ2n) is 7.24. The van der Waals surface area contributed by atoms with Gasteiger partial charge in [-0.25, -0.2) is 9.67 Å². The Morgan fingerprint density at radius 3 is 2.28 bits per heavy atom. The lowest BCUT2D eigenvalue weighted by Crippen LogP contribution is -2.23. The van der Waals surface area contributed by atoms with Crippen molar-refractivity contribution in [1.82, 2.24) is 35.0 Å². The highest BCUT2D eigenvalue weighted by Gasteiger charge is 2.18. The van der Waals surface area contributed by atoms with Crippen LogP contribution in [0.25, 0.3) is 22.3 Å². The molecule has 0 aliphatic carbocycles. The number of rotatable bonds is 6. The summed E-state index contributed by atoms with van der Waals surface area (Å²) in [5.74, 6) is -0.202. The van der Waals surface area contributed by atoms with Gasteiger partial charge in [-0.1, -0.05) is 12.1 Å². The molecule has 0 unspecified atom stereocenters. The molecule has 5 aromatic heterocycles. The number of pyridine rings is 4. The van der Waals surface area contributed by atoms with Crippen molar-refractivity contribution in [2.45, 2.75) is 13.1 Å². The zero-order valence-corrected chi connectivity index (χ0v) is 17.1. The van der Waals surface area contributed by atoms with Crippen LogP contribution in [0.5, 0.6) is 0 Å². The van der Waals surface area contributed by atoms with E-state index in [2.05, 4.69) is 25.4 Å². The number of carbonyl (C=O) groups is 1. The first kappa shape index (κ1) is 19.5. The monoisotopic (exact) mass is 421 g/mol. The van der Waals surface area contributed by atoms with Crippen LogP contribution in [-0.4, -0.2) is 35.6 Å². The van der Waals surface area contributed by atoms with Crippen LogP contribution >= 0.6 is 0 Å². The fourth-order valence-electron chi connectivity index (χ4n) is 3.46. The second kappa shape index (κ2) is 8.73. The molecule has 8 heteroatoms. The van der Waals surface area contributed by atoms with Crippen molar-refractivity contribution in [3.05, 3.63) is 103 Å². The molecule has 156 valence electrons. The third kappa shape index (κ3) is 4.06. The predicted molar refractivity (Wildman–Crippen MR) is 120 cm³/mol.